The van der Waals surface area contributed by atoms with Crippen molar-refractivity contribution in [2.75, 3.05) is 0 Å². The van der Waals surface area contributed by atoms with Crippen LogP contribution in [0.2, 0.25) is 0 Å². The Hall–Kier alpha value is -2.00. The Morgan fingerprint density at radius 1 is 0.882 bits per heavy atom. The zero-order valence-corrected chi connectivity index (χ0v) is 9.89. The highest BCUT2D eigenvalue weighted by Crippen LogP contribution is 2.24. The van der Waals surface area contributed by atoms with Gasteiger partial charge in [-0.1, -0.05) is 54.6 Å². The SMILES string of the molecule is C#CCCCc1ccccc1-c1ccccc1. The second kappa shape index (κ2) is 5.92. The number of unbranched alkanes of at least 4 members (excludes halogenated alkanes) is 1. The summed E-state index contributed by atoms with van der Waals surface area (Å²) in [6.07, 6.45) is 8.25. The Labute approximate surface area is 103 Å². The minimum Gasteiger partial charge on any atom is -0.120 e. The van der Waals surface area contributed by atoms with Crippen LogP contribution in [-0.4, -0.2) is 0 Å². The molecule has 0 saturated heterocycles. The molecule has 0 amide bonds. The van der Waals surface area contributed by atoms with Crippen molar-refractivity contribution in [3.63, 3.8) is 0 Å². The fourth-order valence-corrected chi connectivity index (χ4v) is 2.02. The van der Waals surface area contributed by atoms with Crippen molar-refractivity contribution in [3.05, 3.63) is 60.2 Å². The largest absolute Gasteiger partial charge is 0.120 e. The summed E-state index contributed by atoms with van der Waals surface area (Å²) in [6.45, 7) is 0. The van der Waals surface area contributed by atoms with E-state index in [0.29, 0.717) is 0 Å². The summed E-state index contributed by atoms with van der Waals surface area (Å²) in [7, 11) is 0. The molecule has 17 heavy (non-hydrogen) atoms. The summed E-state index contributed by atoms with van der Waals surface area (Å²) < 4.78 is 0. The monoisotopic (exact) mass is 220 g/mol. The molecule has 0 atom stereocenters. The summed E-state index contributed by atoms with van der Waals surface area (Å²) >= 11 is 0. The van der Waals surface area contributed by atoms with Gasteiger partial charge in [0.25, 0.3) is 0 Å². The van der Waals surface area contributed by atoms with Gasteiger partial charge in [0.15, 0.2) is 0 Å². The van der Waals surface area contributed by atoms with Gasteiger partial charge in [-0.25, -0.2) is 0 Å². The molecular formula is C17H16. The van der Waals surface area contributed by atoms with Gasteiger partial charge >= 0.3 is 0 Å². The highest BCUT2D eigenvalue weighted by atomic mass is 14.1. The molecule has 0 heteroatoms. The van der Waals surface area contributed by atoms with Crippen LogP contribution in [0, 0.1) is 12.3 Å². The van der Waals surface area contributed by atoms with Gasteiger partial charge in [-0.2, -0.15) is 0 Å². The number of terminal acetylenes is 1. The van der Waals surface area contributed by atoms with Crippen LogP contribution in [0.15, 0.2) is 54.6 Å². The lowest BCUT2D eigenvalue weighted by Gasteiger charge is -2.08. The molecule has 0 spiro atoms. The quantitative estimate of drug-likeness (QED) is 0.532. The fraction of sp³-hybridized carbons (Fsp3) is 0.176. The summed E-state index contributed by atoms with van der Waals surface area (Å²) in [5, 5.41) is 0. The Balaban J connectivity index is 2.25. The Morgan fingerprint density at radius 2 is 1.59 bits per heavy atom. The van der Waals surface area contributed by atoms with Crippen LogP contribution >= 0.6 is 0 Å². The predicted octanol–water partition coefficient (Wildman–Crippen LogP) is 4.31. The molecule has 2 aromatic rings. The molecule has 2 rings (SSSR count). The first-order valence-electron chi connectivity index (χ1n) is 5.98. The minimum atomic E-state index is 0.850. The maximum Gasteiger partial charge on any atom is 0.00892 e. The van der Waals surface area contributed by atoms with Gasteiger partial charge in [-0.05, 0) is 29.5 Å². The second-order valence-electron chi connectivity index (χ2n) is 4.08. The topological polar surface area (TPSA) is 0 Å². The molecule has 0 aliphatic rings. The Bertz CT molecular complexity index is 503. The maximum atomic E-state index is 5.29. The average molecular weight is 220 g/mol. The van der Waals surface area contributed by atoms with E-state index in [-0.39, 0.29) is 0 Å². The molecule has 0 heterocycles. The molecule has 0 aliphatic heterocycles. The molecule has 0 aromatic heterocycles. The van der Waals surface area contributed by atoms with Crippen molar-refractivity contribution in [3.8, 4) is 23.5 Å². The van der Waals surface area contributed by atoms with E-state index in [0.717, 1.165) is 19.3 Å². The fourth-order valence-electron chi connectivity index (χ4n) is 2.02. The molecule has 0 N–H and O–H groups in total. The molecule has 0 bridgehead atoms. The Morgan fingerprint density at radius 3 is 2.35 bits per heavy atom. The second-order valence-corrected chi connectivity index (χ2v) is 4.08. The first kappa shape index (κ1) is 11.5. The van der Waals surface area contributed by atoms with Crippen molar-refractivity contribution in [2.24, 2.45) is 0 Å². The third-order valence-electron chi connectivity index (χ3n) is 2.87. The smallest absolute Gasteiger partial charge is 0.00892 e. The van der Waals surface area contributed by atoms with Gasteiger partial charge in [0.2, 0.25) is 0 Å². The van der Waals surface area contributed by atoms with Crippen LogP contribution < -0.4 is 0 Å². The minimum absolute atomic E-state index is 0.850. The number of rotatable bonds is 4. The molecule has 0 fully saturated rings. The molecular weight excluding hydrogens is 204 g/mol. The zero-order valence-electron chi connectivity index (χ0n) is 9.89. The molecule has 2 aromatic carbocycles. The van der Waals surface area contributed by atoms with Crippen LogP contribution in [0.1, 0.15) is 18.4 Å². The van der Waals surface area contributed by atoms with Crippen molar-refractivity contribution < 1.29 is 0 Å². The lowest BCUT2D eigenvalue weighted by atomic mass is 9.96. The van der Waals surface area contributed by atoms with Gasteiger partial charge in [-0.3, -0.25) is 0 Å². The third-order valence-corrected chi connectivity index (χ3v) is 2.87. The van der Waals surface area contributed by atoms with Crippen LogP contribution in [-0.2, 0) is 6.42 Å². The van der Waals surface area contributed by atoms with Gasteiger partial charge in [-0.15, -0.1) is 12.3 Å². The molecule has 0 unspecified atom stereocenters. The van der Waals surface area contributed by atoms with Crippen molar-refractivity contribution in [1.29, 1.82) is 0 Å². The van der Waals surface area contributed by atoms with E-state index in [2.05, 4.69) is 54.5 Å². The molecule has 0 nitrogen and oxygen atoms in total. The maximum absolute atomic E-state index is 5.29. The van der Waals surface area contributed by atoms with Crippen LogP contribution in [0.3, 0.4) is 0 Å². The zero-order chi connectivity index (χ0) is 11.9. The average Bonchev–Trinajstić information content (AvgIpc) is 2.41. The van der Waals surface area contributed by atoms with Crippen molar-refractivity contribution >= 4 is 0 Å². The summed E-state index contributed by atoms with van der Waals surface area (Å²) in [5.74, 6) is 2.70. The normalized spacial score (nSPS) is 9.82. The van der Waals surface area contributed by atoms with E-state index < -0.39 is 0 Å². The van der Waals surface area contributed by atoms with Crippen molar-refractivity contribution in [1.82, 2.24) is 0 Å². The summed E-state index contributed by atoms with van der Waals surface area (Å²) in [4.78, 5) is 0. The van der Waals surface area contributed by atoms with Gasteiger partial charge in [0.05, 0.1) is 0 Å². The number of benzene rings is 2. The summed E-state index contributed by atoms with van der Waals surface area (Å²) in [5.41, 5.74) is 3.99. The standard InChI is InChI=1S/C17H16/c1-2-3-5-10-15-13-8-9-14-17(15)16-11-6-4-7-12-16/h1,4,6-9,11-14H,3,5,10H2. The molecule has 0 radical (unpaired) electrons. The molecule has 0 aliphatic carbocycles. The van der Waals surface area contributed by atoms with E-state index in [1.165, 1.54) is 16.7 Å². The van der Waals surface area contributed by atoms with Crippen LogP contribution in [0.25, 0.3) is 11.1 Å². The van der Waals surface area contributed by atoms with E-state index in [9.17, 15) is 0 Å². The lowest BCUT2D eigenvalue weighted by molar-refractivity contribution is 0.859. The first-order valence-corrected chi connectivity index (χ1v) is 5.98. The number of aryl methyl sites for hydroxylation is 1. The lowest BCUT2D eigenvalue weighted by Crippen LogP contribution is -1.89. The molecule has 0 saturated carbocycles. The van der Waals surface area contributed by atoms with Gasteiger partial charge in [0.1, 0.15) is 0 Å². The van der Waals surface area contributed by atoms with E-state index in [1.807, 2.05) is 6.07 Å². The highest BCUT2D eigenvalue weighted by molar-refractivity contribution is 5.67. The van der Waals surface area contributed by atoms with Crippen LogP contribution in [0.5, 0.6) is 0 Å². The van der Waals surface area contributed by atoms with Crippen molar-refractivity contribution in [2.45, 2.75) is 19.3 Å². The van der Waals surface area contributed by atoms with E-state index in [4.69, 9.17) is 6.42 Å². The number of hydrogen-bond acceptors (Lipinski definition) is 0. The Kier molecular flexibility index (Phi) is 4.00. The third kappa shape index (κ3) is 2.98. The van der Waals surface area contributed by atoms with E-state index >= 15 is 0 Å². The van der Waals surface area contributed by atoms with Gasteiger partial charge in [0, 0.05) is 6.42 Å². The van der Waals surface area contributed by atoms with E-state index in [1.54, 1.807) is 0 Å². The summed E-state index contributed by atoms with van der Waals surface area (Å²) in [6, 6.07) is 19.1. The first-order chi connectivity index (χ1) is 8.42. The van der Waals surface area contributed by atoms with Crippen LogP contribution in [0.4, 0.5) is 0 Å². The highest BCUT2D eigenvalue weighted by Gasteiger charge is 2.03. The van der Waals surface area contributed by atoms with Gasteiger partial charge < -0.3 is 0 Å². The molecule has 84 valence electrons. The number of hydrogen-bond donors (Lipinski definition) is 0. The predicted molar refractivity (Wildman–Crippen MR) is 73.6 cm³/mol.